The van der Waals surface area contributed by atoms with Crippen LogP contribution in [0.15, 0.2) is 53.1 Å². The first-order valence-electron chi connectivity index (χ1n) is 10.4. The number of benzene rings is 2. The van der Waals surface area contributed by atoms with Gasteiger partial charge in [0.1, 0.15) is 5.37 Å². The summed E-state index contributed by atoms with van der Waals surface area (Å²) in [5.74, 6) is -0.747. The molecule has 8 nitrogen and oxygen atoms in total. The van der Waals surface area contributed by atoms with Crippen molar-refractivity contribution in [3.8, 4) is 0 Å². The van der Waals surface area contributed by atoms with Gasteiger partial charge in [-0.1, -0.05) is 41.6 Å². The van der Waals surface area contributed by atoms with Gasteiger partial charge in [-0.25, -0.2) is 0 Å². The van der Waals surface area contributed by atoms with Gasteiger partial charge in [0, 0.05) is 29.7 Å². The zero-order valence-corrected chi connectivity index (χ0v) is 19.7. The third-order valence-corrected chi connectivity index (χ3v) is 7.44. The van der Waals surface area contributed by atoms with Crippen LogP contribution >= 0.6 is 23.4 Å². The summed E-state index contributed by atoms with van der Waals surface area (Å²) in [6.07, 6.45) is -0.224. The van der Waals surface area contributed by atoms with Crippen molar-refractivity contribution in [1.82, 2.24) is 20.4 Å². The topological polar surface area (TPSA) is 124 Å². The molecular weight excluding hydrogens is 462 g/mol. The van der Waals surface area contributed by atoms with Crippen LogP contribution in [0, 0.1) is 0 Å². The maximum Gasteiger partial charge on any atom is 0.272 e. The molecule has 3 aromatic rings. The standard InChI is InChI=1S/C23H24ClN5O3S/c1-12-20(21(25)31)33-23(29(12)10-9-18(30)13-3-6-15(24)7-4-13)14-5-8-16-17(11-14)27-28-19(16)22(32)26-2/h3-8,11,18,23,30H,9-10H2,1-2H3,(H2,25,31)(H,26,32)(H,27,28)/t18?,23-/m0/s1. The summed E-state index contributed by atoms with van der Waals surface area (Å²) in [6.45, 7) is 2.37. The number of fused-ring (bicyclic) bond motifs is 1. The van der Waals surface area contributed by atoms with E-state index >= 15 is 0 Å². The molecule has 0 aliphatic carbocycles. The molecule has 1 unspecified atom stereocenters. The first-order valence-corrected chi connectivity index (χ1v) is 11.6. The molecule has 2 amide bonds. The molecule has 1 aliphatic rings. The minimum atomic E-state index is -0.677. The number of rotatable bonds is 7. The summed E-state index contributed by atoms with van der Waals surface area (Å²) in [7, 11) is 1.56. The first-order chi connectivity index (χ1) is 15.8. The Hall–Kier alpha value is -3.01. The van der Waals surface area contributed by atoms with E-state index in [2.05, 4.69) is 20.4 Å². The van der Waals surface area contributed by atoms with Gasteiger partial charge in [0.05, 0.1) is 16.5 Å². The van der Waals surface area contributed by atoms with Crippen LogP contribution in [0.1, 0.15) is 46.4 Å². The molecule has 10 heteroatoms. The van der Waals surface area contributed by atoms with Gasteiger partial charge in [-0.05, 0) is 48.7 Å². The molecule has 4 rings (SSSR count). The van der Waals surface area contributed by atoms with Crippen LogP contribution in [0.4, 0.5) is 0 Å². The highest BCUT2D eigenvalue weighted by Crippen LogP contribution is 2.48. The van der Waals surface area contributed by atoms with Gasteiger partial charge in [0.15, 0.2) is 5.69 Å². The fourth-order valence-electron chi connectivity index (χ4n) is 3.93. The summed E-state index contributed by atoms with van der Waals surface area (Å²) in [5.41, 5.74) is 9.15. The molecule has 0 radical (unpaired) electrons. The van der Waals surface area contributed by atoms with E-state index in [0.717, 1.165) is 22.3 Å². The maximum atomic E-state index is 12.0. The lowest BCUT2D eigenvalue weighted by Gasteiger charge is -2.29. The van der Waals surface area contributed by atoms with Crippen molar-refractivity contribution in [3.05, 3.63) is 74.9 Å². The van der Waals surface area contributed by atoms with E-state index in [0.29, 0.717) is 34.0 Å². The molecule has 2 aromatic carbocycles. The number of nitrogens with two attached hydrogens (primary N) is 1. The lowest BCUT2D eigenvalue weighted by molar-refractivity contribution is -0.114. The zero-order valence-electron chi connectivity index (χ0n) is 18.1. The predicted octanol–water partition coefficient (Wildman–Crippen LogP) is 3.46. The van der Waals surface area contributed by atoms with Crippen molar-refractivity contribution in [1.29, 1.82) is 0 Å². The predicted molar refractivity (Wildman–Crippen MR) is 129 cm³/mol. The molecule has 0 spiro atoms. The second-order valence-corrected chi connectivity index (χ2v) is 9.28. The van der Waals surface area contributed by atoms with Gasteiger partial charge < -0.3 is 21.1 Å². The highest BCUT2D eigenvalue weighted by Gasteiger charge is 2.34. The smallest absolute Gasteiger partial charge is 0.272 e. The number of hydrogen-bond acceptors (Lipinski definition) is 6. The quantitative estimate of drug-likeness (QED) is 0.406. The van der Waals surface area contributed by atoms with Crippen LogP contribution < -0.4 is 11.1 Å². The summed E-state index contributed by atoms with van der Waals surface area (Å²) in [4.78, 5) is 26.6. The number of aliphatic hydroxyl groups excluding tert-OH is 1. The minimum absolute atomic E-state index is 0.207. The van der Waals surface area contributed by atoms with E-state index in [1.807, 2.05) is 25.1 Å². The van der Waals surface area contributed by atoms with Crippen LogP contribution in [0.3, 0.4) is 0 Å². The summed E-state index contributed by atoms with van der Waals surface area (Å²) in [6, 6.07) is 12.8. The number of allylic oxidation sites excluding steroid dienone is 1. The Balaban J connectivity index is 1.60. The number of aromatic nitrogens is 2. The number of primary amides is 1. The Bertz CT molecular complexity index is 1240. The molecule has 2 atom stereocenters. The van der Waals surface area contributed by atoms with Gasteiger partial charge in [-0.2, -0.15) is 5.10 Å². The van der Waals surface area contributed by atoms with E-state index in [4.69, 9.17) is 17.3 Å². The van der Waals surface area contributed by atoms with E-state index in [9.17, 15) is 14.7 Å². The molecule has 0 saturated carbocycles. The van der Waals surface area contributed by atoms with Gasteiger partial charge >= 0.3 is 0 Å². The van der Waals surface area contributed by atoms with Crippen molar-refractivity contribution < 1.29 is 14.7 Å². The van der Waals surface area contributed by atoms with Crippen molar-refractivity contribution >= 4 is 46.1 Å². The highest BCUT2D eigenvalue weighted by atomic mass is 35.5. The normalized spacial score (nSPS) is 17.0. The minimum Gasteiger partial charge on any atom is -0.388 e. The molecule has 172 valence electrons. The number of thioether (sulfide) groups is 1. The molecule has 33 heavy (non-hydrogen) atoms. The fourth-order valence-corrected chi connectivity index (χ4v) is 5.36. The van der Waals surface area contributed by atoms with Gasteiger partial charge in [0.25, 0.3) is 11.8 Å². The van der Waals surface area contributed by atoms with Crippen molar-refractivity contribution in [2.24, 2.45) is 5.73 Å². The maximum absolute atomic E-state index is 12.0. The number of carbonyl (C=O) groups excluding carboxylic acids is 2. The van der Waals surface area contributed by atoms with Crippen molar-refractivity contribution in [3.63, 3.8) is 0 Å². The van der Waals surface area contributed by atoms with E-state index in [1.165, 1.54) is 11.8 Å². The molecule has 0 fully saturated rings. The summed E-state index contributed by atoms with van der Waals surface area (Å²) < 4.78 is 0. The lowest BCUT2D eigenvalue weighted by atomic mass is 10.1. The SMILES string of the molecule is CNC(=O)c1n[nH]c2cc([C@@H]3SC(C(N)=O)=C(C)N3CCC(O)c3ccc(Cl)cc3)ccc12. The third-order valence-electron chi connectivity index (χ3n) is 5.71. The van der Waals surface area contributed by atoms with Gasteiger partial charge in [-0.15, -0.1) is 0 Å². The van der Waals surface area contributed by atoms with E-state index in [1.54, 1.807) is 31.3 Å². The van der Waals surface area contributed by atoms with Gasteiger partial charge in [0.2, 0.25) is 0 Å². The lowest BCUT2D eigenvalue weighted by Crippen LogP contribution is -2.24. The number of amides is 2. The van der Waals surface area contributed by atoms with Crippen LogP contribution in [0.2, 0.25) is 5.02 Å². The van der Waals surface area contributed by atoms with Crippen LogP contribution in [0.5, 0.6) is 0 Å². The Labute approximate surface area is 200 Å². The number of aromatic amines is 1. The Morgan fingerprint density at radius 3 is 2.70 bits per heavy atom. The third kappa shape index (κ3) is 4.57. The Morgan fingerprint density at radius 2 is 2.03 bits per heavy atom. The van der Waals surface area contributed by atoms with Crippen molar-refractivity contribution in [2.75, 3.05) is 13.6 Å². The monoisotopic (exact) mass is 485 g/mol. The van der Waals surface area contributed by atoms with E-state index < -0.39 is 12.0 Å². The number of carbonyl (C=O) groups is 2. The molecule has 2 heterocycles. The molecular formula is C23H24ClN5O3S. The van der Waals surface area contributed by atoms with Crippen molar-refractivity contribution in [2.45, 2.75) is 24.8 Å². The number of aliphatic hydroxyl groups is 1. The largest absolute Gasteiger partial charge is 0.388 e. The molecule has 1 aliphatic heterocycles. The first kappa shape index (κ1) is 23.2. The number of nitrogens with zero attached hydrogens (tertiary/aromatic N) is 2. The number of H-pyrrole nitrogens is 1. The summed E-state index contributed by atoms with van der Waals surface area (Å²) >= 11 is 7.33. The summed E-state index contributed by atoms with van der Waals surface area (Å²) in [5, 5.41) is 21.4. The highest BCUT2D eigenvalue weighted by molar-refractivity contribution is 8.04. The number of nitrogens with one attached hydrogen (secondary N) is 2. The van der Waals surface area contributed by atoms with Gasteiger partial charge in [-0.3, -0.25) is 14.7 Å². The van der Waals surface area contributed by atoms with Crippen LogP contribution in [-0.4, -0.2) is 45.6 Å². The molecule has 0 bridgehead atoms. The molecule has 1 aromatic heterocycles. The number of hydrogen-bond donors (Lipinski definition) is 4. The zero-order chi connectivity index (χ0) is 23.7. The average molecular weight is 486 g/mol. The molecule has 0 saturated heterocycles. The Kier molecular flexibility index (Phi) is 6.64. The number of halogens is 1. The van der Waals surface area contributed by atoms with Crippen LogP contribution in [-0.2, 0) is 4.79 Å². The Morgan fingerprint density at radius 1 is 1.30 bits per heavy atom. The second kappa shape index (κ2) is 9.46. The van der Waals surface area contributed by atoms with Crippen LogP contribution in [0.25, 0.3) is 10.9 Å². The fraction of sp³-hybridized carbons (Fsp3) is 0.261. The molecule has 5 N–H and O–H groups in total. The van der Waals surface area contributed by atoms with E-state index in [-0.39, 0.29) is 11.3 Å². The second-order valence-electron chi connectivity index (χ2n) is 7.75. The average Bonchev–Trinajstić information content (AvgIpc) is 3.38.